The highest BCUT2D eigenvalue weighted by Gasteiger charge is 1.99. The van der Waals surface area contributed by atoms with Crippen LogP contribution < -0.4 is 11.5 Å². The third kappa shape index (κ3) is 1.41. The molecule has 1 aliphatic rings. The van der Waals surface area contributed by atoms with Gasteiger partial charge in [-0.05, 0) is 24.3 Å². The van der Waals surface area contributed by atoms with Gasteiger partial charge in [-0.2, -0.15) is 0 Å². The number of nitrogens with zero attached hydrogens (tertiary/aromatic N) is 1. The van der Waals surface area contributed by atoms with Gasteiger partial charge in [-0.25, -0.2) is 0 Å². The molecule has 11 heavy (non-hydrogen) atoms. The molecule has 3 radical (unpaired) electrons. The number of fused-ring (bicyclic) bond motifs is 1. The van der Waals surface area contributed by atoms with E-state index in [9.17, 15) is 0 Å². The predicted octanol–water partition coefficient (Wildman–Crippen LogP) is 1.69. The first-order valence-corrected chi connectivity index (χ1v) is 3.46. The Balaban J connectivity index is 0.000000605. The fourth-order valence-electron chi connectivity index (χ4n) is 1.17. The van der Waals surface area contributed by atoms with E-state index in [1.54, 1.807) is 0 Å². The molecule has 0 saturated carbocycles. The number of allylic oxidation sites excluding steroid dienone is 1. The topological polar surface area (TPSA) is 42.5 Å². The second kappa shape index (κ2) is 3.21. The molecule has 0 aliphatic carbocycles. The average Bonchev–Trinajstić information content (AvgIpc) is 2.05. The fourth-order valence-corrected chi connectivity index (χ4v) is 1.17. The van der Waals surface area contributed by atoms with Crippen LogP contribution in [0.3, 0.4) is 0 Å². The third-order valence-electron chi connectivity index (χ3n) is 1.71. The molecule has 1 aliphatic heterocycles. The number of para-hydroxylation sites is 1. The summed E-state index contributed by atoms with van der Waals surface area (Å²) in [5, 5.41) is 3.18. The summed E-state index contributed by atoms with van der Waals surface area (Å²) in [6, 6.07) is 8.36. The molecule has 2 heteroatoms. The zero-order valence-corrected chi connectivity index (χ0v) is 6.12. The normalized spacial score (nSPS) is 12.7. The van der Waals surface area contributed by atoms with Crippen LogP contribution in [-0.2, 0) is 6.42 Å². The molecule has 0 bridgehead atoms. The fraction of sp³-hybridized carbons (Fsp3) is 0.111. The van der Waals surface area contributed by atoms with Crippen molar-refractivity contribution in [3.63, 3.8) is 0 Å². The lowest BCUT2D eigenvalue weighted by atomic mass is 10.1. The Kier molecular flexibility index (Phi) is 2.28. The summed E-state index contributed by atoms with van der Waals surface area (Å²) in [7, 11) is 0. The summed E-state index contributed by atoms with van der Waals surface area (Å²) < 4.78 is 0. The van der Waals surface area contributed by atoms with Gasteiger partial charge in [0.25, 0.3) is 0 Å². The molecule has 0 amide bonds. The van der Waals surface area contributed by atoms with Crippen LogP contribution in [0.4, 0.5) is 5.69 Å². The molecule has 1 heterocycles. The summed E-state index contributed by atoms with van der Waals surface area (Å²) in [6.45, 7) is 0. The molecule has 55 valence electrons. The molecule has 0 fully saturated rings. The molecular formula is C9H9N2. The van der Waals surface area contributed by atoms with Crippen molar-refractivity contribution in [1.82, 2.24) is 6.15 Å². The maximum atomic E-state index is 3.18. The van der Waals surface area contributed by atoms with Crippen LogP contribution in [0.1, 0.15) is 5.56 Å². The van der Waals surface area contributed by atoms with Crippen molar-refractivity contribution in [1.29, 1.82) is 0 Å². The molecule has 0 aromatic heterocycles. The minimum absolute atomic E-state index is 0. The van der Waals surface area contributed by atoms with E-state index < -0.39 is 0 Å². The molecule has 1 N–H and O–H groups in total. The summed E-state index contributed by atoms with van der Waals surface area (Å²) in [4.78, 5) is 0. The van der Waals surface area contributed by atoms with E-state index in [2.05, 4.69) is 29.6 Å². The van der Waals surface area contributed by atoms with Gasteiger partial charge in [0, 0.05) is 11.8 Å². The lowest BCUT2D eigenvalue weighted by Gasteiger charge is -2.10. The number of hydrogen-bond donors (Lipinski definition) is 1. The Morgan fingerprint density at radius 3 is 2.82 bits per heavy atom. The van der Waals surface area contributed by atoms with E-state index in [0.717, 1.165) is 6.42 Å². The van der Waals surface area contributed by atoms with Crippen LogP contribution in [-0.4, -0.2) is 0 Å². The Bertz CT molecular complexity index is 239. The second-order valence-electron chi connectivity index (χ2n) is 2.41. The molecule has 1 aromatic rings. The van der Waals surface area contributed by atoms with E-state index in [4.69, 9.17) is 0 Å². The second-order valence-corrected chi connectivity index (χ2v) is 2.41. The highest BCUT2D eigenvalue weighted by Crippen LogP contribution is 2.18. The van der Waals surface area contributed by atoms with Gasteiger partial charge in [-0.1, -0.05) is 24.3 Å². The van der Waals surface area contributed by atoms with E-state index in [1.165, 1.54) is 11.3 Å². The van der Waals surface area contributed by atoms with Gasteiger partial charge in [0.15, 0.2) is 0 Å². The zero-order chi connectivity index (χ0) is 6.81. The summed E-state index contributed by atoms with van der Waals surface area (Å²) in [5.41, 5.74) is 2.62. The first kappa shape index (κ1) is 7.82. The van der Waals surface area contributed by atoms with Crippen molar-refractivity contribution in [2.24, 2.45) is 0 Å². The Morgan fingerprint density at radius 1 is 1.18 bits per heavy atom. The summed E-state index contributed by atoms with van der Waals surface area (Å²) in [5.74, 6) is 0. The standard InChI is InChI=1S/C9H9N.N/c1-2-6-9-8(4-1)5-3-7-10-9;/h1-4,6-7,10H,5H2;. The monoisotopic (exact) mass is 145 g/mol. The lowest BCUT2D eigenvalue weighted by molar-refractivity contribution is 1.22. The number of anilines is 1. The number of benzene rings is 1. The van der Waals surface area contributed by atoms with Crippen molar-refractivity contribution >= 4 is 5.69 Å². The van der Waals surface area contributed by atoms with E-state index in [1.807, 2.05) is 12.3 Å². The number of nitrogens with one attached hydrogen (secondary N) is 1. The van der Waals surface area contributed by atoms with Gasteiger partial charge in [0.1, 0.15) is 0 Å². The van der Waals surface area contributed by atoms with Crippen LogP contribution in [0.2, 0.25) is 0 Å². The SMILES string of the molecule is C1=CNc2ccccc2C1.[N]. The van der Waals surface area contributed by atoms with Crippen molar-refractivity contribution in [3.8, 4) is 0 Å². The summed E-state index contributed by atoms with van der Waals surface area (Å²) >= 11 is 0. The zero-order valence-electron chi connectivity index (χ0n) is 6.12. The Hall–Kier alpha value is -1.28. The Morgan fingerprint density at radius 2 is 2.00 bits per heavy atom. The smallest absolute Gasteiger partial charge is 0.0415 e. The van der Waals surface area contributed by atoms with Gasteiger partial charge in [-0.3, -0.25) is 0 Å². The molecule has 2 rings (SSSR count). The van der Waals surface area contributed by atoms with Crippen LogP contribution in [0.5, 0.6) is 0 Å². The van der Waals surface area contributed by atoms with Gasteiger partial charge in [0.05, 0.1) is 0 Å². The molecule has 0 atom stereocenters. The van der Waals surface area contributed by atoms with Crippen molar-refractivity contribution < 1.29 is 0 Å². The van der Waals surface area contributed by atoms with Crippen molar-refractivity contribution in [2.45, 2.75) is 6.42 Å². The van der Waals surface area contributed by atoms with E-state index in [-0.39, 0.29) is 6.15 Å². The van der Waals surface area contributed by atoms with Crippen LogP contribution in [0, 0.1) is 0 Å². The largest absolute Gasteiger partial charge is 0.362 e. The number of rotatable bonds is 0. The maximum absolute atomic E-state index is 3.18. The van der Waals surface area contributed by atoms with Crippen molar-refractivity contribution in [2.75, 3.05) is 5.32 Å². The van der Waals surface area contributed by atoms with Crippen LogP contribution >= 0.6 is 0 Å². The first-order chi connectivity index (χ1) is 4.97. The third-order valence-corrected chi connectivity index (χ3v) is 1.71. The van der Waals surface area contributed by atoms with Crippen molar-refractivity contribution in [3.05, 3.63) is 42.1 Å². The highest BCUT2D eigenvalue weighted by atomic mass is 14.8. The van der Waals surface area contributed by atoms with Gasteiger partial charge in [-0.15, -0.1) is 0 Å². The maximum Gasteiger partial charge on any atom is 0.0415 e. The molecule has 0 spiro atoms. The molecule has 0 unspecified atom stereocenters. The molecule has 1 aromatic carbocycles. The quantitative estimate of drug-likeness (QED) is 0.593. The first-order valence-electron chi connectivity index (χ1n) is 3.46. The number of hydrogen-bond acceptors (Lipinski definition) is 1. The minimum atomic E-state index is 0. The molecule has 0 saturated heterocycles. The van der Waals surface area contributed by atoms with E-state index in [0.29, 0.717) is 0 Å². The van der Waals surface area contributed by atoms with Gasteiger partial charge >= 0.3 is 0 Å². The predicted molar refractivity (Wildman–Crippen MR) is 45.0 cm³/mol. The minimum Gasteiger partial charge on any atom is -0.362 e. The molecule has 2 nitrogen and oxygen atoms in total. The van der Waals surface area contributed by atoms with Crippen LogP contribution in [0.15, 0.2) is 36.5 Å². The molecular weight excluding hydrogens is 136 g/mol. The summed E-state index contributed by atoms with van der Waals surface area (Å²) in [6.07, 6.45) is 5.17. The van der Waals surface area contributed by atoms with Gasteiger partial charge < -0.3 is 5.32 Å². The average molecular weight is 145 g/mol. The highest BCUT2D eigenvalue weighted by molar-refractivity contribution is 5.55. The van der Waals surface area contributed by atoms with E-state index >= 15 is 0 Å². The Labute approximate surface area is 66.5 Å². The van der Waals surface area contributed by atoms with Crippen LogP contribution in [0.25, 0.3) is 0 Å². The lowest BCUT2D eigenvalue weighted by Crippen LogP contribution is -1.98. The van der Waals surface area contributed by atoms with Gasteiger partial charge in [0.2, 0.25) is 0 Å².